The van der Waals surface area contributed by atoms with Crippen LogP contribution in [0.15, 0.2) is 42.5 Å². The van der Waals surface area contributed by atoms with Crippen LogP contribution in [-0.4, -0.2) is 18.5 Å². The second-order valence-corrected chi connectivity index (χ2v) is 5.34. The van der Waals surface area contributed by atoms with Crippen molar-refractivity contribution in [2.24, 2.45) is 5.92 Å². The molecule has 1 fully saturated rings. The van der Waals surface area contributed by atoms with E-state index in [0.29, 0.717) is 18.9 Å². The Kier molecular flexibility index (Phi) is 3.34. The molecule has 1 aliphatic rings. The molecule has 0 aromatic heterocycles. The van der Waals surface area contributed by atoms with Gasteiger partial charge in [0.25, 0.3) is 0 Å². The maximum Gasteiger partial charge on any atom is 0.166 e. The van der Waals surface area contributed by atoms with Gasteiger partial charge in [0.05, 0.1) is 0 Å². The molecule has 0 spiro atoms. The minimum absolute atomic E-state index is 0.209. The van der Waals surface area contributed by atoms with Crippen molar-refractivity contribution in [1.82, 2.24) is 0 Å². The first-order valence-corrected chi connectivity index (χ1v) is 6.86. The Bertz CT molecular complexity index is 598. The molecule has 2 aromatic rings. The van der Waals surface area contributed by atoms with Gasteiger partial charge in [-0.05, 0) is 28.7 Å². The maximum absolute atomic E-state index is 12.3. The largest absolute Gasteiger partial charge is 0.370 e. The molecule has 19 heavy (non-hydrogen) atoms. The summed E-state index contributed by atoms with van der Waals surface area (Å²) in [4.78, 5) is 12.3. The van der Waals surface area contributed by atoms with Crippen molar-refractivity contribution in [2.75, 3.05) is 6.61 Å². The Morgan fingerprint density at radius 1 is 1.21 bits per heavy atom. The van der Waals surface area contributed by atoms with Gasteiger partial charge in [-0.1, -0.05) is 49.4 Å². The van der Waals surface area contributed by atoms with Crippen LogP contribution < -0.4 is 0 Å². The molecule has 2 heteroatoms. The van der Waals surface area contributed by atoms with Crippen LogP contribution in [0.2, 0.25) is 0 Å². The van der Waals surface area contributed by atoms with Crippen LogP contribution in [0.3, 0.4) is 0 Å². The Hall–Kier alpha value is -1.67. The van der Waals surface area contributed by atoms with Gasteiger partial charge in [-0.2, -0.15) is 0 Å². The molecule has 0 radical (unpaired) electrons. The van der Waals surface area contributed by atoms with Crippen LogP contribution in [0, 0.1) is 5.92 Å². The number of rotatable bonds is 3. The summed E-state index contributed by atoms with van der Waals surface area (Å²) in [6.07, 6.45) is 1.25. The molecular formula is C17H18O2. The molecule has 2 nitrogen and oxygen atoms in total. The topological polar surface area (TPSA) is 26.3 Å². The Labute approximate surface area is 113 Å². The van der Waals surface area contributed by atoms with Gasteiger partial charge < -0.3 is 4.74 Å². The first-order chi connectivity index (χ1) is 9.25. The highest BCUT2D eigenvalue weighted by Gasteiger charge is 2.30. The number of hydrogen-bond donors (Lipinski definition) is 0. The van der Waals surface area contributed by atoms with Crippen LogP contribution in [0.5, 0.6) is 0 Å². The number of ketones is 1. The second kappa shape index (κ2) is 5.14. The number of hydrogen-bond acceptors (Lipinski definition) is 2. The molecule has 1 heterocycles. The lowest BCUT2D eigenvalue weighted by Gasteiger charge is -2.14. The van der Waals surface area contributed by atoms with E-state index in [1.807, 2.05) is 24.3 Å². The molecule has 2 aromatic carbocycles. The van der Waals surface area contributed by atoms with E-state index in [1.165, 1.54) is 10.8 Å². The molecule has 2 unspecified atom stereocenters. The molecule has 3 rings (SSSR count). The molecule has 0 aliphatic carbocycles. The summed E-state index contributed by atoms with van der Waals surface area (Å²) in [5, 5.41) is 2.36. The van der Waals surface area contributed by atoms with E-state index in [2.05, 4.69) is 25.1 Å². The molecule has 98 valence electrons. The Morgan fingerprint density at radius 2 is 2.00 bits per heavy atom. The van der Waals surface area contributed by atoms with E-state index in [9.17, 15) is 4.79 Å². The van der Waals surface area contributed by atoms with Gasteiger partial charge in [-0.3, -0.25) is 4.79 Å². The first kappa shape index (κ1) is 12.4. The van der Waals surface area contributed by atoms with Crippen molar-refractivity contribution in [3.05, 3.63) is 48.0 Å². The van der Waals surface area contributed by atoms with Crippen molar-refractivity contribution < 1.29 is 9.53 Å². The number of fused-ring (bicyclic) bond motifs is 1. The van der Waals surface area contributed by atoms with Crippen molar-refractivity contribution in [2.45, 2.75) is 25.9 Å². The van der Waals surface area contributed by atoms with E-state index in [4.69, 9.17) is 4.74 Å². The van der Waals surface area contributed by atoms with Crippen LogP contribution in [0.1, 0.15) is 18.9 Å². The van der Waals surface area contributed by atoms with Gasteiger partial charge in [0, 0.05) is 13.0 Å². The van der Waals surface area contributed by atoms with E-state index in [0.717, 1.165) is 12.0 Å². The average molecular weight is 254 g/mol. The van der Waals surface area contributed by atoms with Crippen molar-refractivity contribution in [3.8, 4) is 0 Å². The fourth-order valence-corrected chi connectivity index (χ4v) is 2.84. The fraction of sp³-hybridized carbons (Fsp3) is 0.353. The van der Waals surface area contributed by atoms with Gasteiger partial charge in [0.2, 0.25) is 0 Å². The van der Waals surface area contributed by atoms with Crippen molar-refractivity contribution in [1.29, 1.82) is 0 Å². The van der Waals surface area contributed by atoms with E-state index < -0.39 is 0 Å². The summed E-state index contributed by atoms with van der Waals surface area (Å²) < 4.78 is 5.56. The van der Waals surface area contributed by atoms with Gasteiger partial charge in [-0.25, -0.2) is 0 Å². The average Bonchev–Trinajstić information content (AvgIpc) is 2.85. The van der Waals surface area contributed by atoms with Gasteiger partial charge in [-0.15, -0.1) is 0 Å². The minimum Gasteiger partial charge on any atom is -0.370 e. The molecule has 1 aliphatic heterocycles. The minimum atomic E-state index is -0.209. The van der Waals surface area contributed by atoms with E-state index in [-0.39, 0.29) is 11.9 Å². The molecule has 0 amide bonds. The van der Waals surface area contributed by atoms with Gasteiger partial charge in [0.15, 0.2) is 5.78 Å². The highest BCUT2D eigenvalue weighted by Crippen LogP contribution is 2.24. The third-order valence-electron chi connectivity index (χ3n) is 3.95. The monoisotopic (exact) mass is 254 g/mol. The number of Topliss-reactive ketones (excluding diaryl/α,β-unsaturated/α-hetero) is 1. The van der Waals surface area contributed by atoms with E-state index >= 15 is 0 Å². The Morgan fingerprint density at radius 3 is 2.79 bits per heavy atom. The van der Waals surface area contributed by atoms with Crippen LogP contribution >= 0.6 is 0 Å². The van der Waals surface area contributed by atoms with Crippen LogP contribution in [0.25, 0.3) is 10.8 Å². The number of benzene rings is 2. The lowest BCUT2D eigenvalue weighted by molar-refractivity contribution is -0.128. The van der Waals surface area contributed by atoms with Crippen molar-refractivity contribution >= 4 is 16.6 Å². The predicted molar refractivity (Wildman–Crippen MR) is 76.2 cm³/mol. The first-order valence-electron chi connectivity index (χ1n) is 6.86. The van der Waals surface area contributed by atoms with Crippen LogP contribution in [0.4, 0.5) is 0 Å². The Balaban J connectivity index is 1.87. The molecule has 1 saturated heterocycles. The number of carbonyl (C=O) groups excluding carboxylic acids is 1. The summed E-state index contributed by atoms with van der Waals surface area (Å²) in [5.74, 6) is 0.559. The fourth-order valence-electron chi connectivity index (χ4n) is 2.84. The van der Waals surface area contributed by atoms with Crippen molar-refractivity contribution in [3.63, 3.8) is 0 Å². The highest BCUT2D eigenvalue weighted by atomic mass is 16.5. The lowest BCUT2D eigenvalue weighted by Crippen LogP contribution is -2.26. The standard InChI is InChI=1S/C17H18O2/c1-12-9-10-19-17(12)16(18)11-14-7-4-6-13-5-2-3-8-15(13)14/h2-8,12,17H,9-11H2,1H3. The summed E-state index contributed by atoms with van der Waals surface area (Å²) >= 11 is 0. The smallest absolute Gasteiger partial charge is 0.166 e. The highest BCUT2D eigenvalue weighted by molar-refractivity contribution is 5.92. The van der Waals surface area contributed by atoms with E-state index in [1.54, 1.807) is 0 Å². The second-order valence-electron chi connectivity index (χ2n) is 5.34. The number of carbonyl (C=O) groups is 1. The predicted octanol–water partition coefficient (Wildman–Crippen LogP) is 3.38. The zero-order valence-electron chi connectivity index (χ0n) is 11.1. The third kappa shape index (κ3) is 2.41. The molecule has 0 N–H and O–H groups in total. The summed E-state index contributed by atoms with van der Waals surface area (Å²) in [6, 6.07) is 14.3. The third-order valence-corrected chi connectivity index (χ3v) is 3.95. The summed E-state index contributed by atoms with van der Waals surface area (Å²) in [7, 11) is 0. The quantitative estimate of drug-likeness (QED) is 0.839. The lowest BCUT2D eigenvalue weighted by atomic mass is 9.94. The SMILES string of the molecule is CC1CCOC1C(=O)Cc1cccc2ccccc12. The summed E-state index contributed by atoms with van der Waals surface area (Å²) in [6.45, 7) is 2.81. The van der Waals surface area contributed by atoms with Gasteiger partial charge >= 0.3 is 0 Å². The van der Waals surface area contributed by atoms with Gasteiger partial charge in [0.1, 0.15) is 6.10 Å². The zero-order valence-corrected chi connectivity index (χ0v) is 11.1. The summed E-state index contributed by atoms with van der Waals surface area (Å²) in [5.41, 5.74) is 1.10. The molecular weight excluding hydrogens is 236 g/mol. The zero-order chi connectivity index (χ0) is 13.2. The number of ether oxygens (including phenoxy) is 1. The maximum atomic E-state index is 12.3. The molecule has 0 saturated carbocycles. The molecule has 2 atom stereocenters. The normalized spacial score (nSPS) is 22.8. The molecule has 0 bridgehead atoms. The van der Waals surface area contributed by atoms with Crippen LogP contribution in [-0.2, 0) is 16.0 Å².